The Kier molecular flexibility index (Phi) is 5.75. The lowest BCUT2D eigenvalue weighted by Crippen LogP contribution is -2.25. The zero-order valence-electron chi connectivity index (χ0n) is 9.62. The zero-order valence-corrected chi connectivity index (χ0v) is 10.4. The Hall–Kier alpha value is -0.520. The molecule has 86 valence electrons. The maximum atomic E-state index is 5.20. The number of nitrogens with zero attached hydrogens (tertiary/aromatic N) is 2. The minimum absolute atomic E-state index is 0.238. The van der Waals surface area contributed by atoms with Crippen LogP contribution in [0.5, 0.6) is 0 Å². The van der Waals surface area contributed by atoms with E-state index in [1.165, 1.54) is 16.4 Å². The first-order valence-electron chi connectivity index (χ1n) is 5.36. The van der Waals surface area contributed by atoms with Crippen molar-refractivity contribution in [3.05, 3.63) is 10.6 Å². The summed E-state index contributed by atoms with van der Waals surface area (Å²) in [7, 11) is 1.72. The summed E-state index contributed by atoms with van der Waals surface area (Å²) in [6.45, 7) is 5.85. The summed E-state index contributed by atoms with van der Waals surface area (Å²) < 4.78 is 9.22. The topological polar surface area (TPSA) is 47.0 Å². The quantitative estimate of drug-likeness (QED) is 0.774. The van der Waals surface area contributed by atoms with Crippen LogP contribution in [0.15, 0.2) is 0 Å². The first kappa shape index (κ1) is 12.5. The van der Waals surface area contributed by atoms with Crippen molar-refractivity contribution < 1.29 is 4.74 Å². The lowest BCUT2D eigenvalue weighted by Gasteiger charge is -2.15. The van der Waals surface area contributed by atoms with Crippen molar-refractivity contribution in [2.24, 2.45) is 0 Å². The molecule has 0 saturated heterocycles. The molecule has 1 rings (SSSR count). The molecule has 4 nitrogen and oxygen atoms in total. The standard InChI is InChI=1S/C10H19N3OS/c1-4-6-8-10(15-13-12-8)9(7-14-3)11-5-2/h9,11H,4-7H2,1-3H3. The highest BCUT2D eigenvalue weighted by atomic mass is 32.1. The predicted molar refractivity (Wildman–Crippen MR) is 62.2 cm³/mol. The van der Waals surface area contributed by atoms with Crippen LogP contribution in [-0.2, 0) is 11.2 Å². The summed E-state index contributed by atoms with van der Waals surface area (Å²) >= 11 is 1.47. The van der Waals surface area contributed by atoms with Gasteiger partial charge in [-0.25, -0.2) is 0 Å². The third kappa shape index (κ3) is 3.52. The van der Waals surface area contributed by atoms with Crippen molar-refractivity contribution in [2.45, 2.75) is 32.7 Å². The van der Waals surface area contributed by atoms with Gasteiger partial charge >= 0.3 is 0 Å². The van der Waals surface area contributed by atoms with Crippen LogP contribution in [0.3, 0.4) is 0 Å². The van der Waals surface area contributed by atoms with Gasteiger partial charge in [-0.2, -0.15) is 0 Å². The molecular weight excluding hydrogens is 210 g/mol. The Bertz CT molecular complexity index is 271. The normalized spacial score (nSPS) is 13.0. The van der Waals surface area contributed by atoms with E-state index in [0.717, 1.165) is 25.1 Å². The summed E-state index contributed by atoms with van der Waals surface area (Å²) in [5.74, 6) is 0. The maximum Gasteiger partial charge on any atom is 0.0804 e. The first-order chi connectivity index (χ1) is 7.33. The molecule has 15 heavy (non-hydrogen) atoms. The van der Waals surface area contributed by atoms with E-state index in [-0.39, 0.29) is 6.04 Å². The molecule has 1 heterocycles. The highest BCUT2D eigenvalue weighted by molar-refractivity contribution is 7.05. The highest BCUT2D eigenvalue weighted by Gasteiger charge is 2.17. The second-order valence-electron chi connectivity index (χ2n) is 3.40. The number of ether oxygens (including phenoxy) is 1. The second kappa shape index (κ2) is 6.87. The van der Waals surface area contributed by atoms with Gasteiger partial charge in [-0.15, -0.1) is 5.10 Å². The van der Waals surface area contributed by atoms with E-state index in [1.54, 1.807) is 7.11 Å². The largest absolute Gasteiger partial charge is 0.383 e. The lowest BCUT2D eigenvalue weighted by molar-refractivity contribution is 0.168. The van der Waals surface area contributed by atoms with Gasteiger partial charge in [0.2, 0.25) is 0 Å². The summed E-state index contributed by atoms with van der Waals surface area (Å²) in [5, 5.41) is 7.55. The SMILES string of the molecule is CCCc1nnsc1C(COC)NCC. The predicted octanol–water partition coefficient (Wildman–Crippen LogP) is 1.79. The van der Waals surface area contributed by atoms with Gasteiger partial charge < -0.3 is 10.1 Å². The molecule has 0 aromatic carbocycles. The number of hydrogen-bond acceptors (Lipinski definition) is 5. The van der Waals surface area contributed by atoms with E-state index < -0.39 is 0 Å². The molecule has 0 bridgehead atoms. The number of methoxy groups -OCH3 is 1. The van der Waals surface area contributed by atoms with E-state index in [4.69, 9.17) is 4.74 Å². The maximum absolute atomic E-state index is 5.20. The van der Waals surface area contributed by atoms with Crippen LogP contribution in [-0.4, -0.2) is 29.8 Å². The number of likely N-dealkylation sites (N-methyl/N-ethyl adjacent to an activating group) is 1. The molecule has 1 unspecified atom stereocenters. The van der Waals surface area contributed by atoms with Gasteiger partial charge in [0.25, 0.3) is 0 Å². The van der Waals surface area contributed by atoms with Gasteiger partial charge in [-0.3, -0.25) is 0 Å². The third-order valence-corrected chi connectivity index (χ3v) is 3.05. The smallest absolute Gasteiger partial charge is 0.0804 e. The Morgan fingerprint density at radius 1 is 1.47 bits per heavy atom. The van der Waals surface area contributed by atoms with E-state index in [2.05, 4.69) is 28.8 Å². The number of rotatable bonds is 7. The van der Waals surface area contributed by atoms with Gasteiger partial charge in [0.1, 0.15) is 0 Å². The molecule has 0 amide bonds. The van der Waals surface area contributed by atoms with Crippen molar-refractivity contribution in [3.8, 4) is 0 Å². The first-order valence-corrected chi connectivity index (χ1v) is 6.14. The average Bonchev–Trinajstić information content (AvgIpc) is 2.66. The monoisotopic (exact) mass is 229 g/mol. The molecule has 0 radical (unpaired) electrons. The summed E-state index contributed by atoms with van der Waals surface area (Å²) in [6, 6.07) is 0.238. The highest BCUT2D eigenvalue weighted by Crippen LogP contribution is 2.21. The molecule has 5 heteroatoms. The van der Waals surface area contributed by atoms with Crippen LogP contribution < -0.4 is 5.32 Å². The van der Waals surface area contributed by atoms with E-state index >= 15 is 0 Å². The van der Waals surface area contributed by atoms with Gasteiger partial charge in [0.15, 0.2) is 0 Å². The van der Waals surface area contributed by atoms with Gasteiger partial charge in [-0.1, -0.05) is 24.8 Å². The van der Waals surface area contributed by atoms with Gasteiger partial charge in [0.05, 0.1) is 23.2 Å². The van der Waals surface area contributed by atoms with Gasteiger partial charge in [0, 0.05) is 7.11 Å². The van der Waals surface area contributed by atoms with Crippen molar-refractivity contribution in [1.29, 1.82) is 0 Å². The van der Waals surface area contributed by atoms with Crippen LogP contribution in [0, 0.1) is 0 Å². The van der Waals surface area contributed by atoms with Crippen LogP contribution >= 0.6 is 11.5 Å². The molecule has 1 aromatic heterocycles. The van der Waals surface area contributed by atoms with Crippen LogP contribution in [0.4, 0.5) is 0 Å². The Labute approximate surface area is 95.2 Å². The Morgan fingerprint density at radius 3 is 2.87 bits per heavy atom. The molecule has 1 atom stereocenters. The zero-order chi connectivity index (χ0) is 11.1. The van der Waals surface area contributed by atoms with Crippen molar-refractivity contribution in [1.82, 2.24) is 14.9 Å². The third-order valence-electron chi connectivity index (χ3n) is 2.17. The number of nitrogens with one attached hydrogen (secondary N) is 1. The van der Waals surface area contributed by atoms with Crippen molar-refractivity contribution in [3.63, 3.8) is 0 Å². The van der Waals surface area contributed by atoms with Gasteiger partial charge in [-0.05, 0) is 24.5 Å². The molecule has 0 aliphatic heterocycles. The molecule has 0 saturated carbocycles. The molecule has 1 N–H and O–H groups in total. The van der Waals surface area contributed by atoms with E-state index in [1.807, 2.05) is 0 Å². The number of aryl methyl sites for hydroxylation is 1. The molecular formula is C10H19N3OS. The minimum atomic E-state index is 0.238. The second-order valence-corrected chi connectivity index (χ2v) is 4.19. The molecule has 0 spiro atoms. The van der Waals surface area contributed by atoms with Crippen molar-refractivity contribution >= 4 is 11.5 Å². The number of aromatic nitrogens is 2. The fraction of sp³-hybridized carbons (Fsp3) is 0.800. The van der Waals surface area contributed by atoms with Crippen LogP contribution in [0.2, 0.25) is 0 Å². The summed E-state index contributed by atoms with van der Waals surface area (Å²) in [6.07, 6.45) is 2.10. The van der Waals surface area contributed by atoms with Crippen molar-refractivity contribution in [2.75, 3.05) is 20.3 Å². The lowest BCUT2D eigenvalue weighted by atomic mass is 10.1. The summed E-state index contributed by atoms with van der Waals surface area (Å²) in [4.78, 5) is 1.22. The molecule has 0 aliphatic carbocycles. The minimum Gasteiger partial charge on any atom is -0.383 e. The van der Waals surface area contributed by atoms with E-state index in [9.17, 15) is 0 Å². The van der Waals surface area contributed by atoms with E-state index in [0.29, 0.717) is 6.61 Å². The Morgan fingerprint density at radius 2 is 2.27 bits per heavy atom. The fourth-order valence-corrected chi connectivity index (χ4v) is 2.28. The Balaban J connectivity index is 2.74. The molecule has 1 aromatic rings. The summed E-state index contributed by atoms with van der Waals surface area (Å²) in [5.41, 5.74) is 1.12. The van der Waals surface area contributed by atoms with Crippen LogP contribution in [0.1, 0.15) is 36.9 Å². The molecule has 0 fully saturated rings. The molecule has 0 aliphatic rings. The van der Waals surface area contributed by atoms with Crippen LogP contribution in [0.25, 0.3) is 0 Å². The number of hydrogen-bond donors (Lipinski definition) is 1. The fourth-order valence-electron chi connectivity index (χ4n) is 1.53. The average molecular weight is 229 g/mol.